The van der Waals surface area contributed by atoms with E-state index in [1.54, 1.807) is 32.3 Å². The molecule has 0 unspecified atom stereocenters. The number of halogens is 2. The van der Waals surface area contributed by atoms with Gasteiger partial charge in [-0.2, -0.15) is 0 Å². The average Bonchev–Trinajstić information content (AvgIpc) is 3.28. The quantitative estimate of drug-likeness (QED) is 0.461. The molecule has 3 aromatic heterocycles. The van der Waals surface area contributed by atoms with E-state index < -0.39 is 5.82 Å². The molecule has 0 saturated carbocycles. The summed E-state index contributed by atoms with van der Waals surface area (Å²) in [5.74, 6) is 1.06. The Morgan fingerprint density at radius 1 is 1.19 bits per heavy atom. The van der Waals surface area contributed by atoms with Gasteiger partial charge in [-0.15, -0.1) is 0 Å². The van der Waals surface area contributed by atoms with Crippen LogP contribution >= 0.6 is 11.6 Å². The van der Waals surface area contributed by atoms with Crippen LogP contribution in [0.15, 0.2) is 53.6 Å². The van der Waals surface area contributed by atoms with Crippen LogP contribution in [0.25, 0.3) is 22.2 Å². The minimum atomic E-state index is -0.527. The van der Waals surface area contributed by atoms with Crippen molar-refractivity contribution >= 4 is 28.3 Å². The van der Waals surface area contributed by atoms with E-state index in [2.05, 4.69) is 20.9 Å². The Morgan fingerprint density at radius 3 is 2.78 bits per heavy atom. The topological polar surface area (TPSA) is 63.9 Å². The van der Waals surface area contributed by atoms with Crippen molar-refractivity contribution in [3.63, 3.8) is 0 Å². The minimum absolute atomic E-state index is 0.229. The molecule has 0 radical (unpaired) electrons. The van der Waals surface area contributed by atoms with Crippen LogP contribution in [0.5, 0.6) is 0 Å². The molecule has 1 fully saturated rings. The fourth-order valence-corrected chi connectivity index (χ4v) is 4.44. The van der Waals surface area contributed by atoms with Gasteiger partial charge in [0, 0.05) is 55.1 Å². The number of fused-ring (bicyclic) bond motifs is 1. The van der Waals surface area contributed by atoms with E-state index in [1.165, 1.54) is 16.2 Å². The van der Waals surface area contributed by atoms with Crippen molar-refractivity contribution in [2.45, 2.75) is 19.3 Å². The lowest BCUT2D eigenvalue weighted by molar-refractivity contribution is 0.631. The van der Waals surface area contributed by atoms with Gasteiger partial charge in [-0.3, -0.25) is 14.3 Å². The van der Waals surface area contributed by atoms with E-state index in [4.69, 9.17) is 16.6 Å². The van der Waals surface area contributed by atoms with Crippen molar-refractivity contribution in [2.24, 2.45) is 7.05 Å². The second-order valence-corrected chi connectivity index (χ2v) is 8.52. The van der Waals surface area contributed by atoms with Crippen LogP contribution in [0.4, 0.5) is 10.2 Å². The van der Waals surface area contributed by atoms with Gasteiger partial charge in [-0.05, 0) is 43.2 Å². The molecule has 8 heteroatoms. The van der Waals surface area contributed by atoms with E-state index in [1.807, 2.05) is 18.3 Å². The van der Waals surface area contributed by atoms with Crippen molar-refractivity contribution in [3.8, 4) is 11.3 Å². The van der Waals surface area contributed by atoms with Crippen LogP contribution in [0.1, 0.15) is 23.7 Å². The molecule has 4 heterocycles. The maximum absolute atomic E-state index is 14.9. The third-order valence-electron chi connectivity index (χ3n) is 6.13. The zero-order valence-electron chi connectivity index (χ0n) is 17.7. The first-order valence-corrected chi connectivity index (χ1v) is 10.8. The van der Waals surface area contributed by atoms with Crippen LogP contribution in [0.3, 0.4) is 0 Å². The van der Waals surface area contributed by atoms with Crippen molar-refractivity contribution in [2.75, 3.05) is 18.0 Å². The van der Waals surface area contributed by atoms with E-state index in [-0.39, 0.29) is 21.8 Å². The Bertz CT molecular complexity index is 1390. The number of benzene rings is 1. The number of nitrogens with zero attached hydrogens (tertiary/aromatic N) is 5. The Hall–Kier alpha value is -3.32. The third kappa shape index (κ3) is 3.52. The Kier molecular flexibility index (Phi) is 5.13. The third-order valence-corrected chi connectivity index (χ3v) is 6.36. The molecule has 1 aliphatic rings. The normalized spacial score (nSPS) is 16.1. The summed E-state index contributed by atoms with van der Waals surface area (Å²) in [5.41, 5.74) is 1.94. The summed E-state index contributed by atoms with van der Waals surface area (Å²) < 4.78 is 16.3. The van der Waals surface area contributed by atoms with Crippen molar-refractivity contribution < 1.29 is 4.39 Å². The largest absolute Gasteiger partial charge is 0.356 e. The fourth-order valence-electron chi connectivity index (χ4n) is 4.28. The maximum Gasteiger partial charge on any atom is 0.263 e. The van der Waals surface area contributed by atoms with Crippen LogP contribution in [0.2, 0.25) is 5.02 Å². The van der Waals surface area contributed by atoms with Crippen molar-refractivity contribution in [3.05, 3.63) is 81.4 Å². The van der Waals surface area contributed by atoms with Gasteiger partial charge in [0.25, 0.3) is 5.56 Å². The second-order valence-electron chi connectivity index (χ2n) is 8.09. The van der Waals surface area contributed by atoms with Gasteiger partial charge in [-0.1, -0.05) is 17.7 Å². The van der Waals surface area contributed by atoms with Gasteiger partial charge < -0.3 is 4.90 Å². The molecular formula is C24H21ClFN5O. The van der Waals surface area contributed by atoms with Crippen molar-refractivity contribution in [1.82, 2.24) is 19.5 Å². The predicted molar refractivity (Wildman–Crippen MR) is 124 cm³/mol. The van der Waals surface area contributed by atoms with E-state index in [0.717, 1.165) is 19.5 Å². The molecule has 1 atom stereocenters. The highest BCUT2D eigenvalue weighted by molar-refractivity contribution is 6.30. The first-order chi connectivity index (χ1) is 15.4. The summed E-state index contributed by atoms with van der Waals surface area (Å²) >= 11 is 5.96. The van der Waals surface area contributed by atoms with Gasteiger partial charge in [0.05, 0.1) is 16.6 Å². The molecule has 0 bridgehead atoms. The SMILES string of the molecule is Cc1nc2cc(N3CC[C@H](c4cccnc4)C3)nc(-c3ccc(Cl)cc3F)c2c(=O)n1C. The number of aryl methyl sites for hydroxylation is 1. The lowest BCUT2D eigenvalue weighted by Gasteiger charge is -2.20. The number of pyridine rings is 2. The van der Waals surface area contributed by atoms with Crippen LogP contribution in [0, 0.1) is 12.7 Å². The summed E-state index contributed by atoms with van der Waals surface area (Å²) in [6.07, 6.45) is 4.62. The fraction of sp³-hybridized carbons (Fsp3) is 0.250. The standard InChI is InChI=1S/C24H21ClFN5O/c1-14-28-20-11-21(31-9-7-16(13-31)15-4-3-8-27-12-15)29-23(22(20)24(32)30(14)2)18-6-5-17(25)10-19(18)26/h3-6,8,10-12,16H,7,9,13H2,1-2H3/t16-/m0/s1. The van der Waals surface area contributed by atoms with Crippen LogP contribution in [-0.4, -0.2) is 32.6 Å². The summed E-state index contributed by atoms with van der Waals surface area (Å²) in [7, 11) is 1.65. The van der Waals surface area contributed by atoms with Gasteiger partial charge in [-0.25, -0.2) is 14.4 Å². The molecule has 5 rings (SSSR count). The molecule has 4 aromatic rings. The number of hydrogen-bond donors (Lipinski definition) is 0. The van der Waals surface area contributed by atoms with E-state index in [0.29, 0.717) is 28.5 Å². The van der Waals surface area contributed by atoms with E-state index in [9.17, 15) is 9.18 Å². The minimum Gasteiger partial charge on any atom is -0.356 e. The molecule has 162 valence electrons. The highest BCUT2D eigenvalue weighted by atomic mass is 35.5. The molecule has 1 aliphatic heterocycles. The smallest absolute Gasteiger partial charge is 0.263 e. The lowest BCUT2D eigenvalue weighted by Crippen LogP contribution is -2.24. The number of hydrogen-bond acceptors (Lipinski definition) is 5. The van der Waals surface area contributed by atoms with Crippen LogP contribution in [-0.2, 0) is 7.05 Å². The predicted octanol–water partition coefficient (Wildman–Crippen LogP) is 4.49. The molecular weight excluding hydrogens is 429 g/mol. The summed E-state index contributed by atoms with van der Waals surface area (Å²) in [5, 5.41) is 0.582. The Labute approximate surface area is 189 Å². The second kappa shape index (κ2) is 7.98. The number of aromatic nitrogens is 4. The molecule has 0 amide bonds. The molecule has 0 spiro atoms. The van der Waals surface area contributed by atoms with Gasteiger partial charge in [0.2, 0.25) is 0 Å². The average molecular weight is 450 g/mol. The van der Waals surface area contributed by atoms with E-state index >= 15 is 0 Å². The number of anilines is 1. The number of rotatable bonds is 3. The van der Waals surface area contributed by atoms with Crippen molar-refractivity contribution in [1.29, 1.82) is 0 Å². The van der Waals surface area contributed by atoms with Gasteiger partial charge in [0.1, 0.15) is 17.5 Å². The van der Waals surface area contributed by atoms with Gasteiger partial charge >= 0.3 is 0 Å². The first-order valence-electron chi connectivity index (χ1n) is 10.4. The Morgan fingerprint density at radius 2 is 2.03 bits per heavy atom. The van der Waals surface area contributed by atoms with Gasteiger partial charge in [0.15, 0.2) is 0 Å². The first kappa shape index (κ1) is 20.6. The zero-order valence-corrected chi connectivity index (χ0v) is 18.5. The zero-order chi connectivity index (χ0) is 22.4. The molecule has 1 aromatic carbocycles. The Balaban J connectivity index is 1.67. The molecule has 0 N–H and O–H groups in total. The molecule has 6 nitrogen and oxygen atoms in total. The summed E-state index contributed by atoms with van der Waals surface area (Å²) in [6.45, 7) is 3.33. The summed E-state index contributed by atoms with van der Waals surface area (Å²) in [6, 6.07) is 10.2. The monoisotopic (exact) mass is 449 g/mol. The maximum atomic E-state index is 14.9. The highest BCUT2D eigenvalue weighted by Gasteiger charge is 2.27. The van der Waals surface area contributed by atoms with Crippen LogP contribution < -0.4 is 10.5 Å². The molecule has 1 saturated heterocycles. The highest BCUT2D eigenvalue weighted by Crippen LogP contribution is 2.34. The summed E-state index contributed by atoms with van der Waals surface area (Å²) in [4.78, 5) is 28.9. The lowest BCUT2D eigenvalue weighted by atomic mass is 10.0. The molecule has 0 aliphatic carbocycles. The molecule has 32 heavy (non-hydrogen) atoms.